The fourth-order valence-electron chi connectivity index (χ4n) is 5.34. The summed E-state index contributed by atoms with van der Waals surface area (Å²) >= 11 is 0. The number of halogens is 8. The number of benzene rings is 6. The first-order valence-electron chi connectivity index (χ1n) is 18.2. The number of nitrogens with one attached hydrogen (secondary N) is 7. The topological polar surface area (TPSA) is 173 Å². The molecule has 0 unspecified atom stereocenters. The number of hydrogen-bond donors (Lipinski definition) is 6. The average Bonchev–Trinajstić information content (AvgIpc) is 4.15. The molecule has 12 aromatic rings. The quantitative estimate of drug-likeness (QED) is 0.0828. The minimum Gasteiger partial charge on any atom is -0.278 e. The molecule has 0 saturated carbocycles. The first-order chi connectivity index (χ1) is 30.8. The van der Waals surface area contributed by atoms with Gasteiger partial charge < -0.3 is 0 Å². The number of fused-ring (bicyclic) bond motifs is 6. The Labute approximate surface area is 455 Å². The van der Waals surface area contributed by atoms with Gasteiger partial charge >= 0.3 is 129 Å². The first-order valence-corrected chi connectivity index (χ1v) is 36.1. The molecule has 12 rings (SSSR count). The molecular weight excluding hydrogens is 1220 g/mol. The molecule has 0 aliphatic rings. The second kappa shape index (κ2) is 33.3. The number of H-pyrrole nitrogens is 7. The second-order valence-electron chi connectivity index (χ2n) is 12.4. The molecular formula is C45H49Cl8N12NaRu2+2. The summed E-state index contributed by atoms with van der Waals surface area (Å²) in [7, 11) is 34.0. The Morgan fingerprint density at radius 3 is 0.706 bits per heavy atom. The van der Waals surface area contributed by atoms with Crippen LogP contribution in [0.15, 0.2) is 183 Å². The predicted octanol–water partition coefficient (Wildman–Crippen LogP) is 13.2. The Morgan fingerprint density at radius 2 is 0.500 bits per heavy atom. The maximum atomic E-state index is 5.00. The number of aromatic nitrogens is 12. The standard InChI is InChI=1S/6C7H6N2.3CH4.8ClH.Na.2Ru/c6*1-2-4-7-6(3-1)5-8-9-7;;;;;;;;;;;;;;/h6*1-5H,(H,8,9);3*1H4;8*1H;;;/q;;;;;;;;;;;;;;;;;+1;2*+4/p-7. The van der Waals surface area contributed by atoms with Crippen LogP contribution in [0.5, 0.6) is 0 Å². The van der Waals surface area contributed by atoms with Gasteiger partial charge in [-0.3, -0.25) is 25.5 Å². The molecule has 0 spiro atoms. The fraction of sp³-hybridized carbons (Fsp3) is 0.0667. The Kier molecular flexibility index (Phi) is 30.7. The Morgan fingerprint density at radius 1 is 0.309 bits per heavy atom. The maximum absolute atomic E-state index is 5.00. The van der Waals surface area contributed by atoms with Gasteiger partial charge in [0.1, 0.15) is 5.52 Å². The van der Waals surface area contributed by atoms with Crippen LogP contribution in [0.2, 0.25) is 0 Å². The summed E-state index contributed by atoms with van der Waals surface area (Å²) in [6.45, 7) is 0. The predicted molar refractivity (Wildman–Crippen MR) is 282 cm³/mol. The molecule has 0 atom stereocenters. The summed E-state index contributed by atoms with van der Waals surface area (Å²) in [6, 6.07) is 48.2. The average molecular weight is 1270 g/mol. The van der Waals surface area contributed by atoms with Crippen molar-refractivity contribution < 1.29 is 56.3 Å². The molecule has 0 bridgehead atoms. The van der Waals surface area contributed by atoms with E-state index in [2.05, 4.69) is 67.3 Å². The van der Waals surface area contributed by atoms with Crippen LogP contribution >= 0.6 is 77.5 Å². The van der Waals surface area contributed by atoms with E-state index in [1.54, 1.807) is 0 Å². The number of para-hydroxylation sites is 6. The smallest absolute Gasteiger partial charge is 0.278 e. The van der Waals surface area contributed by atoms with Gasteiger partial charge in [-0.15, -0.1) is 5.10 Å². The molecule has 0 fully saturated rings. The van der Waals surface area contributed by atoms with Gasteiger partial charge in [-0.1, -0.05) is 125 Å². The minimum atomic E-state index is -2.97. The summed E-state index contributed by atoms with van der Waals surface area (Å²) in [5.74, 6) is 0. The van der Waals surface area contributed by atoms with E-state index in [9.17, 15) is 0 Å². The first kappa shape index (κ1) is 62.7. The van der Waals surface area contributed by atoms with Crippen LogP contribution in [0, 0.1) is 0 Å². The Balaban J connectivity index is 0.000000389. The zero-order valence-electron chi connectivity index (χ0n) is 33.8. The normalized spacial score (nSPS) is 10.4. The maximum Gasteiger partial charge on any atom is 1.00 e. The number of nitrogens with zero attached hydrogens (tertiary/aromatic N) is 5. The van der Waals surface area contributed by atoms with Crippen molar-refractivity contribution >= 4 is 143 Å². The minimum absolute atomic E-state index is 0. The third kappa shape index (κ3) is 24.5. The molecule has 23 heteroatoms. The van der Waals surface area contributed by atoms with Gasteiger partial charge in [0.05, 0.1) is 64.0 Å². The van der Waals surface area contributed by atoms with Crippen molar-refractivity contribution in [1.82, 2.24) is 56.1 Å². The van der Waals surface area contributed by atoms with Crippen LogP contribution in [0.1, 0.15) is 22.3 Å². The van der Waals surface area contributed by atoms with Crippen molar-refractivity contribution in [3.05, 3.63) is 183 Å². The largest absolute Gasteiger partial charge is 1.00 e. The van der Waals surface area contributed by atoms with Gasteiger partial charge in [0.15, 0.2) is 0 Å². The summed E-state index contributed by atoms with van der Waals surface area (Å²) in [4.78, 5) is 0. The van der Waals surface area contributed by atoms with Gasteiger partial charge in [-0.25, -0.2) is 0 Å². The van der Waals surface area contributed by atoms with Gasteiger partial charge in [0.25, 0.3) is 0 Å². The Hall–Kier alpha value is -3.29. The molecule has 0 radical (unpaired) electrons. The molecule has 6 aromatic carbocycles. The van der Waals surface area contributed by atoms with Crippen molar-refractivity contribution in [3.63, 3.8) is 0 Å². The number of rotatable bonds is 0. The molecule has 7 N–H and O–H groups in total. The third-order valence-corrected chi connectivity index (χ3v) is 8.14. The van der Waals surface area contributed by atoms with Crippen molar-refractivity contribution in [2.45, 2.75) is 22.3 Å². The molecule has 6 heterocycles. The summed E-state index contributed by atoms with van der Waals surface area (Å²) in [6.07, 6.45) is 11.0. The van der Waals surface area contributed by atoms with E-state index in [0.29, 0.717) is 0 Å². The van der Waals surface area contributed by atoms with E-state index in [0.717, 1.165) is 60.0 Å². The molecule has 6 aromatic heterocycles. The SMILES string of the molecule is C.C.C.[Cl][Ru]([Cl])([Cl])[Cl].[Cl][Ru]([Cl])([Cl])[Cl].[Na+].c1ccc2[nH][nH+]cc2c1.c1ccc2[nH]ncc2c1.c1ccc2[nH]ncc2c1.c1ccc2[nH]ncc2c1.c1ccc2[nH]ncc2c1.c1ccc2[nH]ncc2c1. The zero-order valence-corrected chi connectivity index (χ0v) is 45.3. The van der Waals surface area contributed by atoms with Crippen LogP contribution in [-0.2, 0) is 21.6 Å². The van der Waals surface area contributed by atoms with Gasteiger partial charge in [0.2, 0.25) is 6.20 Å². The monoisotopic (exact) mass is 1260 g/mol. The second-order valence-corrected chi connectivity index (χ2v) is 44.1. The molecule has 0 amide bonds. The number of hydrogen-bond acceptors (Lipinski definition) is 5. The van der Waals surface area contributed by atoms with Crippen LogP contribution in [0.4, 0.5) is 0 Å². The third-order valence-electron chi connectivity index (χ3n) is 8.14. The van der Waals surface area contributed by atoms with E-state index in [-0.39, 0.29) is 51.8 Å². The van der Waals surface area contributed by atoms with Crippen LogP contribution < -0.4 is 34.7 Å². The van der Waals surface area contributed by atoms with Crippen molar-refractivity contribution in [1.29, 1.82) is 0 Å². The van der Waals surface area contributed by atoms with E-state index < -0.39 is 21.6 Å². The molecule has 68 heavy (non-hydrogen) atoms. The van der Waals surface area contributed by atoms with E-state index in [4.69, 9.17) is 77.5 Å². The summed E-state index contributed by atoms with van der Waals surface area (Å²) in [5, 5.41) is 46.7. The van der Waals surface area contributed by atoms with Crippen LogP contribution in [0.25, 0.3) is 65.4 Å². The van der Waals surface area contributed by atoms with Gasteiger partial charge in [0, 0.05) is 26.9 Å². The summed E-state index contributed by atoms with van der Waals surface area (Å²) < 4.78 is 0. The van der Waals surface area contributed by atoms with Crippen molar-refractivity contribution in [2.75, 3.05) is 0 Å². The number of aromatic amines is 7. The van der Waals surface area contributed by atoms with E-state index >= 15 is 0 Å². The molecule has 12 nitrogen and oxygen atoms in total. The molecule has 0 aliphatic carbocycles. The summed E-state index contributed by atoms with van der Waals surface area (Å²) in [5.41, 5.74) is 6.63. The Bertz CT molecular complexity index is 2430. The molecule has 360 valence electrons. The van der Waals surface area contributed by atoms with E-state index in [1.165, 1.54) is 5.39 Å². The van der Waals surface area contributed by atoms with Gasteiger partial charge in [-0.2, -0.15) is 30.6 Å². The van der Waals surface area contributed by atoms with Crippen LogP contribution in [-0.4, -0.2) is 56.1 Å². The van der Waals surface area contributed by atoms with E-state index in [1.807, 2.05) is 177 Å². The molecule has 0 aliphatic heterocycles. The molecule has 0 saturated heterocycles. The van der Waals surface area contributed by atoms with Gasteiger partial charge in [-0.05, 0) is 42.5 Å². The van der Waals surface area contributed by atoms with Crippen LogP contribution in [0.3, 0.4) is 0 Å². The zero-order chi connectivity index (χ0) is 45.6. The van der Waals surface area contributed by atoms with Crippen molar-refractivity contribution in [3.8, 4) is 0 Å². The fourth-order valence-corrected chi connectivity index (χ4v) is 5.34. The van der Waals surface area contributed by atoms with Crippen molar-refractivity contribution in [2.24, 2.45) is 0 Å².